The number of hydrogen-bond donors (Lipinski definition) is 3. The predicted molar refractivity (Wildman–Crippen MR) is 221 cm³/mol. The van der Waals surface area contributed by atoms with Gasteiger partial charge in [0.15, 0.2) is 0 Å². The van der Waals surface area contributed by atoms with Gasteiger partial charge >= 0.3 is 0 Å². The van der Waals surface area contributed by atoms with Gasteiger partial charge in [0, 0.05) is 66.1 Å². The van der Waals surface area contributed by atoms with Crippen molar-refractivity contribution in [1.29, 1.82) is 0 Å². The zero-order valence-electron chi connectivity index (χ0n) is 32.1. The van der Waals surface area contributed by atoms with Gasteiger partial charge in [-0.2, -0.15) is 0 Å². The van der Waals surface area contributed by atoms with Crippen molar-refractivity contribution in [3.8, 4) is 11.5 Å². The minimum Gasteiger partial charge on any atom is -0.487 e. The molecule has 2 aromatic heterocycles. The number of rotatable bonds is 13. The zero-order chi connectivity index (χ0) is 40.4. The second-order valence-electron chi connectivity index (χ2n) is 13.1. The van der Waals surface area contributed by atoms with Crippen LogP contribution in [0.5, 0.6) is 11.5 Å². The highest BCUT2D eigenvalue weighted by Crippen LogP contribution is 2.26. The highest BCUT2D eigenvalue weighted by atomic mass is 32.1. The lowest BCUT2D eigenvalue weighted by Gasteiger charge is -2.08. The van der Waals surface area contributed by atoms with Crippen molar-refractivity contribution in [3.05, 3.63) is 160 Å². The van der Waals surface area contributed by atoms with Gasteiger partial charge in [0.2, 0.25) is 0 Å². The fourth-order valence-electron chi connectivity index (χ4n) is 5.66. The highest BCUT2D eigenvalue weighted by molar-refractivity contribution is 7.10. The Bertz CT molecular complexity index is 2320. The molecular weight excluding hydrogens is 749 g/mol. The molecule has 4 aromatic carbocycles. The van der Waals surface area contributed by atoms with Crippen molar-refractivity contribution in [1.82, 2.24) is 20.6 Å². The van der Waals surface area contributed by atoms with Gasteiger partial charge in [-0.15, -0.1) is 22.7 Å². The van der Waals surface area contributed by atoms with Crippen LogP contribution < -0.4 is 25.8 Å². The summed E-state index contributed by atoms with van der Waals surface area (Å²) in [4.78, 5) is 43.1. The van der Waals surface area contributed by atoms with Crippen LogP contribution in [0, 0.1) is 37.8 Å². The second-order valence-corrected chi connectivity index (χ2v) is 14.9. The lowest BCUT2D eigenvalue weighted by Crippen LogP contribution is -2.17. The molecule has 14 heteroatoms. The average molecular weight is 793 g/mol. The summed E-state index contributed by atoms with van der Waals surface area (Å²) >= 11 is 3.17. The van der Waals surface area contributed by atoms with Crippen LogP contribution in [-0.4, -0.2) is 40.8 Å². The summed E-state index contributed by atoms with van der Waals surface area (Å²) in [5, 5.41) is 22.2. The standard InChI is InChI=1S/C21H21N3O4S.C21H23N3O2S/c1-13-9-19(24(26)27)14(2)8-16(13)10-20-23-17(12-29-20)11-28-18-6-4-15(5-7-18)21(25)22-3;1-13-9-19(22)14(2)8-16(13)10-20-24-17(12-27-20)11-26-18-6-4-15(5-7-18)21(25)23-3/h4-9,12H,10-11H2,1-3H3,(H,22,25);4-9,12H,10-11,22H2,1-3H3,(H,23,25). The molecule has 0 saturated heterocycles. The SMILES string of the molecule is CNC(=O)c1ccc(OCc2csc(Cc3cc(C)c(N)cc3C)n2)cc1.CNC(=O)c1ccc(OCc2csc(Cc3cc(C)c([N+](=O)[O-])cc3C)n2)cc1. The normalized spacial score (nSPS) is 10.6. The number of nitro benzene ring substituents is 1. The van der Waals surface area contributed by atoms with E-state index in [-0.39, 0.29) is 22.4 Å². The molecule has 0 bridgehead atoms. The van der Waals surface area contributed by atoms with E-state index in [1.54, 1.807) is 87.0 Å². The molecule has 2 heterocycles. The van der Waals surface area contributed by atoms with E-state index in [4.69, 9.17) is 15.2 Å². The molecule has 290 valence electrons. The Morgan fingerprint density at radius 2 is 1.11 bits per heavy atom. The predicted octanol–water partition coefficient (Wildman–Crippen LogP) is 8.07. The van der Waals surface area contributed by atoms with Crippen molar-refractivity contribution in [2.24, 2.45) is 0 Å². The first-order chi connectivity index (χ1) is 26.8. The van der Waals surface area contributed by atoms with Crippen LogP contribution >= 0.6 is 22.7 Å². The molecule has 0 atom stereocenters. The lowest BCUT2D eigenvalue weighted by molar-refractivity contribution is -0.385. The van der Waals surface area contributed by atoms with Crippen molar-refractivity contribution in [2.45, 2.75) is 53.8 Å². The van der Waals surface area contributed by atoms with E-state index >= 15 is 0 Å². The molecular formula is C42H44N6O6S2. The van der Waals surface area contributed by atoms with Crippen LogP contribution in [0.2, 0.25) is 0 Å². The molecule has 0 aliphatic heterocycles. The molecule has 0 radical (unpaired) electrons. The van der Waals surface area contributed by atoms with Crippen molar-refractivity contribution in [3.63, 3.8) is 0 Å². The number of nitrogens with zero attached hydrogens (tertiary/aromatic N) is 3. The van der Waals surface area contributed by atoms with Gasteiger partial charge in [-0.05, 0) is 116 Å². The number of thiazole rings is 2. The van der Waals surface area contributed by atoms with Gasteiger partial charge in [0.25, 0.3) is 17.5 Å². The summed E-state index contributed by atoms with van der Waals surface area (Å²) in [5.74, 6) is 1.12. The summed E-state index contributed by atoms with van der Waals surface area (Å²) in [6, 6.07) is 21.6. The molecule has 0 spiro atoms. The largest absolute Gasteiger partial charge is 0.487 e. The van der Waals surface area contributed by atoms with E-state index in [9.17, 15) is 19.7 Å². The van der Waals surface area contributed by atoms with Crippen LogP contribution in [0.25, 0.3) is 0 Å². The van der Waals surface area contributed by atoms with Crippen LogP contribution in [0.3, 0.4) is 0 Å². The summed E-state index contributed by atoms with van der Waals surface area (Å²) in [5.41, 5.74) is 15.9. The van der Waals surface area contributed by atoms with E-state index in [2.05, 4.69) is 33.6 Å². The first kappa shape index (κ1) is 41.1. The molecule has 0 unspecified atom stereocenters. The number of amides is 2. The quantitative estimate of drug-likeness (QED) is 0.0594. The summed E-state index contributed by atoms with van der Waals surface area (Å²) in [6.07, 6.45) is 1.41. The van der Waals surface area contributed by atoms with Gasteiger partial charge in [0.05, 0.1) is 26.3 Å². The number of aromatic nitrogens is 2. The third-order valence-electron chi connectivity index (χ3n) is 8.92. The van der Waals surface area contributed by atoms with Gasteiger partial charge in [-0.25, -0.2) is 9.97 Å². The summed E-state index contributed by atoms with van der Waals surface area (Å²) in [7, 11) is 3.20. The van der Waals surface area contributed by atoms with Gasteiger partial charge < -0.3 is 25.8 Å². The lowest BCUT2D eigenvalue weighted by atomic mass is 10.0. The number of carbonyl (C=O) groups is 2. The van der Waals surface area contributed by atoms with E-state index in [0.717, 1.165) is 50.2 Å². The first-order valence-electron chi connectivity index (χ1n) is 17.7. The van der Waals surface area contributed by atoms with Crippen LogP contribution in [0.4, 0.5) is 11.4 Å². The number of carbonyl (C=O) groups excluding carboxylic acids is 2. The Morgan fingerprint density at radius 3 is 1.54 bits per heavy atom. The smallest absolute Gasteiger partial charge is 0.272 e. The Hall–Kier alpha value is -6.12. The average Bonchev–Trinajstić information content (AvgIpc) is 3.85. The second kappa shape index (κ2) is 19.0. The van der Waals surface area contributed by atoms with E-state index in [1.807, 2.05) is 36.7 Å². The number of hydrogen-bond acceptors (Lipinski definition) is 11. The Balaban J connectivity index is 0.000000215. The number of nitrogens with one attached hydrogen (secondary N) is 2. The fraction of sp³-hybridized carbons (Fsp3) is 0.238. The van der Waals surface area contributed by atoms with Gasteiger partial charge in [0.1, 0.15) is 24.7 Å². The number of anilines is 1. The zero-order valence-corrected chi connectivity index (χ0v) is 33.7. The molecule has 12 nitrogen and oxygen atoms in total. The number of ether oxygens (including phenoxy) is 2. The molecule has 0 fully saturated rings. The maximum absolute atomic E-state index is 11.6. The molecule has 6 rings (SSSR count). The molecule has 0 saturated carbocycles. The summed E-state index contributed by atoms with van der Waals surface area (Å²) in [6.45, 7) is 8.45. The minimum absolute atomic E-state index is 0.112. The number of nitrogens with two attached hydrogens (primary N) is 1. The molecule has 0 aliphatic carbocycles. The molecule has 4 N–H and O–H groups in total. The Kier molecular flexibility index (Phi) is 13.9. The van der Waals surface area contributed by atoms with Crippen molar-refractivity contribution >= 4 is 45.9 Å². The third-order valence-corrected chi connectivity index (χ3v) is 10.7. The minimum atomic E-state index is -0.355. The van der Waals surface area contributed by atoms with Crippen molar-refractivity contribution < 1.29 is 24.0 Å². The maximum Gasteiger partial charge on any atom is 0.272 e. The number of nitro groups is 1. The Labute approximate surface area is 333 Å². The maximum atomic E-state index is 11.6. The summed E-state index contributed by atoms with van der Waals surface area (Å²) < 4.78 is 11.5. The molecule has 6 aromatic rings. The number of aryl methyl sites for hydroxylation is 4. The van der Waals surface area contributed by atoms with Crippen molar-refractivity contribution in [2.75, 3.05) is 19.8 Å². The van der Waals surface area contributed by atoms with Crippen LogP contribution in [0.1, 0.15) is 75.5 Å². The third kappa shape index (κ3) is 11.0. The number of benzene rings is 4. The topological polar surface area (TPSA) is 172 Å². The van der Waals surface area contributed by atoms with E-state index in [1.165, 1.54) is 22.5 Å². The van der Waals surface area contributed by atoms with E-state index < -0.39 is 0 Å². The van der Waals surface area contributed by atoms with Crippen LogP contribution in [-0.2, 0) is 26.1 Å². The monoisotopic (exact) mass is 792 g/mol. The number of nitrogen functional groups attached to an aromatic ring is 1. The fourth-order valence-corrected chi connectivity index (χ4v) is 7.27. The highest BCUT2D eigenvalue weighted by Gasteiger charge is 2.15. The molecule has 0 aliphatic rings. The van der Waals surface area contributed by atoms with Crippen LogP contribution in [0.15, 0.2) is 83.6 Å². The molecule has 2 amide bonds. The first-order valence-corrected chi connectivity index (χ1v) is 19.5. The Morgan fingerprint density at radius 1 is 0.679 bits per heavy atom. The van der Waals surface area contributed by atoms with Gasteiger partial charge in [-0.3, -0.25) is 19.7 Å². The van der Waals surface area contributed by atoms with Gasteiger partial charge in [-0.1, -0.05) is 6.07 Å². The van der Waals surface area contributed by atoms with E-state index in [0.29, 0.717) is 47.8 Å². The molecule has 56 heavy (non-hydrogen) atoms.